The molecular formula is C15H8F2N4O4. The number of benzene rings is 2. The molecule has 0 aliphatic rings. The van der Waals surface area contributed by atoms with E-state index in [1.165, 1.54) is 24.3 Å². The molecule has 8 nitrogen and oxygen atoms in total. The van der Waals surface area contributed by atoms with Gasteiger partial charge in [-0.2, -0.15) is 0 Å². The first-order valence-electron chi connectivity index (χ1n) is 6.79. The van der Waals surface area contributed by atoms with Crippen molar-refractivity contribution in [2.75, 3.05) is 5.32 Å². The van der Waals surface area contributed by atoms with E-state index in [0.717, 1.165) is 12.1 Å². The van der Waals surface area contributed by atoms with Crippen molar-refractivity contribution in [2.45, 2.75) is 0 Å². The van der Waals surface area contributed by atoms with Gasteiger partial charge in [-0.05, 0) is 24.3 Å². The van der Waals surface area contributed by atoms with Gasteiger partial charge in [-0.25, -0.2) is 8.78 Å². The minimum Gasteiger partial charge on any atom is -0.403 e. The van der Waals surface area contributed by atoms with Crippen LogP contribution in [0.2, 0.25) is 0 Å². The van der Waals surface area contributed by atoms with Crippen molar-refractivity contribution in [1.29, 1.82) is 0 Å². The van der Waals surface area contributed by atoms with Crippen LogP contribution in [0.15, 0.2) is 46.9 Å². The largest absolute Gasteiger partial charge is 0.403 e. The van der Waals surface area contributed by atoms with Crippen LogP contribution in [0.25, 0.3) is 11.5 Å². The Bertz CT molecular complexity index is 956. The highest BCUT2D eigenvalue weighted by Crippen LogP contribution is 2.23. The summed E-state index contributed by atoms with van der Waals surface area (Å²) >= 11 is 0. The van der Waals surface area contributed by atoms with Crippen molar-refractivity contribution in [3.8, 4) is 11.5 Å². The van der Waals surface area contributed by atoms with Crippen LogP contribution in [-0.4, -0.2) is 21.0 Å². The molecule has 2 aromatic carbocycles. The fraction of sp³-hybridized carbons (Fsp3) is 0. The molecule has 0 fully saturated rings. The Morgan fingerprint density at radius 3 is 2.48 bits per heavy atom. The maximum absolute atomic E-state index is 13.7. The molecule has 3 rings (SSSR count). The van der Waals surface area contributed by atoms with E-state index in [2.05, 4.69) is 15.5 Å². The Morgan fingerprint density at radius 1 is 1.12 bits per heavy atom. The first-order valence-corrected chi connectivity index (χ1v) is 6.79. The number of amides is 1. The average Bonchev–Trinajstić information content (AvgIpc) is 3.03. The number of nitro benzene ring substituents is 1. The van der Waals surface area contributed by atoms with Crippen LogP contribution in [0.1, 0.15) is 10.4 Å². The van der Waals surface area contributed by atoms with Gasteiger partial charge in [-0.1, -0.05) is 5.10 Å². The van der Waals surface area contributed by atoms with Gasteiger partial charge in [0.15, 0.2) is 0 Å². The zero-order valence-corrected chi connectivity index (χ0v) is 12.3. The van der Waals surface area contributed by atoms with Crippen molar-refractivity contribution in [3.05, 3.63) is 69.8 Å². The Kier molecular flexibility index (Phi) is 4.16. The molecular weight excluding hydrogens is 338 g/mol. The summed E-state index contributed by atoms with van der Waals surface area (Å²) in [6.45, 7) is 0. The summed E-state index contributed by atoms with van der Waals surface area (Å²) in [7, 11) is 0. The third kappa shape index (κ3) is 3.47. The monoisotopic (exact) mass is 346 g/mol. The molecule has 0 bridgehead atoms. The van der Waals surface area contributed by atoms with Crippen molar-refractivity contribution >= 4 is 17.6 Å². The lowest BCUT2D eigenvalue weighted by Gasteiger charge is -2.00. The predicted molar refractivity (Wildman–Crippen MR) is 80.7 cm³/mol. The molecule has 126 valence electrons. The molecule has 0 radical (unpaired) electrons. The van der Waals surface area contributed by atoms with E-state index < -0.39 is 22.5 Å². The second-order valence-electron chi connectivity index (χ2n) is 4.79. The van der Waals surface area contributed by atoms with Crippen molar-refractivity contribution in [1.82, 2.24) is 10.2 Å². The number of carbonyl (C=O) groups excluding carboxylic acids is 1. The van der Waals surface area contributed by atoms with Crippen LogP contribution in [0.5, 0.6) is 0 Å². The number of hydrogen-bond donors (Lipinski definition) is 1. The molecule has 0 aliphatic heterocycles. The summed E-state index contributed by atoms with van der Waals surface area (Å²) in [5.41, 5.74) is -0.161. The second-order valence-corrected chi connectivity index (χ2v) is 4.79. The highest BCUT2D eigenvalue weighted by Gasteiger charge is 2.16. The summed E-state index contributed by atoms with van der Waals surface area (Å²) in [5.74, 6) is -2.54. The van der Waals surface area contributed by atoms with Crippen LogP contribution < -0.4 is 5.32 Å². The maximum atomic E-state index is 13.7. The zero-order valence-electron chi connectivity index (χ0n) is 12.3. The molecule has 1 heterocycles. The number of aromatic nitrogens is 2. The highest BCUT2D eigenvalue weighted by atomic mass is 19.1. The summed E-state index contributed by atoms with van der Waals surface area (Å²) < 4.78 is 31.7. The Labute approximate surface area is 138 Å². The van der Waals surface area contributed by atoms with E-state index in [1.54, 1.807) is 0 Å². The van der Waals surface area contributed by atoms with Crippen molar-refractivity contribution in [3.63, 3.8) is 0 Å². The first kappa shape index (κ1) is 16.2. The quantitative estimate of drug-likeness (QED) is 0.574. The molecule has 0 saturated carbocycles. The van der Waals surface area contributed by atoms with Crippen molar-refractivity contribution < 1.29 is 22.9 Å². The minimum atomic E-state index is -0.892. The maximum Gasteiger partial charge on any atom is 0.322 e. The van der Waals surface area contributed by atoms with Gasteiger partial charge in [-0.15, -0.1) is 5.10 Å². The molecule has 25 heavy (non-hydrogen) atoms. The number of carbonyl (C=O) groups is 1. The molecule has 1 aromatic heterocycles. The topological polar surface area (TPSA) is 111 Å². The minimum absolute atomic E-state index is 0.121. The second kappa shape index (κ2) is 6.43. The van der Waals surface area contributed by atoms with Crippen LogP contribution >= 0.6 is 0 Å². The van der Waals surface area contributed by atoms with Gasteiger partial charge in [0.25, 0.3) is 17.5 Å². The fourth-order valence-corrected chi connectivity index (χ4v) is 1.95. The van der Waals surface area contributed by atoms with Gasteiger partial charge in [0.2, 0.25) is 0 Å². The van der Waals surface area contributed by atoms with Gasteiger partial charge >= 0.3 is 6.01 Å². The highest BCUT2D eigenvalue weighted by molar-refractivity contribution is 6.03. The van der Waals surface area contributed by atoms with Gasteiger partial charge in [0.1, 0.15) is 11.6 Å². The summed E-state index contributed by atoms with van der Waals surface area (Å²) in [5, 5.41) is 20.0. The normalized spacial score (nSPS) is 10.5. The standard InChI is InChI=1S/C15H8F2N4O4/c16-9-3-6-11(12(17)7-9)14-19-20-15(25-14)18-13(22)8-1-4-10(5-2-8)21(23)24/h1-7H,(H,18,20,22). The Hall–Kier alpha value is -3.69. The third-order valence-electron chi connectivity index (χ3n) is 3.15. The van der Waals surface area contributed by atoms with Gasteiger partial charge in [-0.3, -0.25) is 20.2 Å². The number of hydrogen-bond acceptors (Lipinski definition) is 6. The predicted octanol–water partition coefficient (Wildman–Crippen LogP) is 3.18. The Morgan fingerprint density at radius 2 is 1.84 bits per heavy atom. The van der Waals surface area contributed by atoms with Gasteiger partial charge < -0.3 is 4.42 Å². The molecule has 1 amide bonds. The van der Waals surface area contributed by atoms with Crippen LogP contribution in [0.4, 0.5) is 20.5 Å². The van der Waals surface area contributed by atoms with Gasteiger partial charge in [0.05, 0.1) is 10.5 Å². The molecule has 1 N–H and O–H groups in total. The molecule has 0 spiro atoms. The molecule has 0 aliphatic carbocycles. The van der Waals surface area contributed by atoms with Gasteiger partial charge in [0, 0.05) is 23.8 Å². The number of anilines is 1. The van der Waals surface area contributed by atoms with Crippen molar-refractivity contribution in [2.24, 2.45) is 0 Å². The van der Waals surface area contributed by atoms with E-state index in [4.69, 9.17) is 4.42 Å². The number of halogens is 2. The number of nitrogens with one attached hydrogen (secondary N) is 1. The number of nitro groups is 1. The lowest BCUT2D eigenvalue weighted by Crippen LogP contribution is -2.12. The smallest absolute Gasteiger partial charge is 0.322 e. The molecule has 0 unspecified atom stereocenters. The molecule has 10 heteroatoms. The van der Waals surface area contributed by atoms with E-state index >= 15 is 0 Å². The summed E-state index contributed by atoms with van der Waals surface area (Å²) in [6.07, 6.45) is 0. The lowest BCUT2D eigenvalue weighted by molar-refractivity contribution is -0.384. The molecule has 3 aromatic rings. The summed E-state index contributed by atoms with van der Waals surface area (Å²) in [4.78, 5) is 22.0. The van der Waals surface area contributed by atoms with E-state index in [0.29, 0.717) is 6.07 Å². The Balaban J connectivity index is 1.76. The molecule has 0 saturated heterocycles. The fourth-order valence-electron chi connectivity index (χ4n) is 1.95. The van der Waals surface area contributed by atoms with E-state index in [1.807, 2.05) is 0 Å². The first-order chi connectivity index (χ1) is 11.9. The summed E-state index contributed by atoms with van der Waals surface area (Å²) in [6, 6.07) is 7.35. The van der Waals surface area contributed by atoms with Crippen LogP contribution in [-0.2, 0) is 0 Å². The zero-order chi connectivity index (χ0) is 18.0. The lowest BCUT2D eigenvalue weighted by atomic mass is 10.2. The third-order valence-corrected chi connectivity index (χ3v) is 3.15. The van der Waals surface area contributed by atoms with Crippen LogP contribution in [0.3, 0.4) is 0 Å². The number of rotatable bonds is 4. The number of non-ortho nitro benzene ring substituents is 1. The van der Waals surface area contributed by atoms with E-state index in [-0.39, 0.29) is 28.7 Å². The SMILES string of the molecule is O=C(Nc1nnc(-c2ccc(F)cc2F)o1)c1ccc([N+](=O)[O-])cc1. The number of nitrogens with zero attached hydrogens (tertiary/aromatic N) is 3. The average molecular weight is 346 g/mol. The van der Waals surface area contributed by atoms with E-state index in [9.17, 15) is 23.7 Å². The molecule has 0 atom stereocenters. The van der Waals surface area contributed by atoms with Crippen LogP contribution in [0, 0.1) is 21.7 Å².